The molecule has 3 N–H and O–H groups in total. The summed E-state index contributed by atoms with van der Waals surface area (Å²) in [5, 5.41) is 27.3. The SMILES string of the molecule is COc1c(NCn2cc(Nc3ncc(C(=O)O)cn3)cn2)cccc1-c1nnc(C)o1. The van der Waals surface area contributed by atoms with Crippen molar-refractivity contribution in [2.75, 3.05) is 17.7 Å². The van der Waals surface area contributed by atoms with Crippen molar-refractivity contribution in [3.8, 4) is 17.2 Å². The van der Waals surface area contributed by atoms with E-state index in [-0.39, 0.29) is 11.5 Å². The molecular formula is C19H18N8O4. The molecule has 12 nitrogen and oxygen atoms in total. The third-order valence-corrected chi connectivity index (χ3v) is 4.20. The second-order valence-electron chi connectivity index (χ2n) is 6.34. The lowest BCUT2D eigenvalue weighted by atomic mass is 10.1. The van der Waals surface area contributed by atoms with Crippen LogP contribution in [0.4, 0.5) is 17.3 Å². The van der Waals surface area contributed by atoms with Gasteiger partial charge in [-0.3, -0.25) is 4.68 Å². The van der Waals surface area contributed by atoms with E-state index in [1.807, 2.05) is 18.2 Å². The molecule has 0 atom stereocenters. The third-order valence-electron chi connectivity index (χ3n) is 4.20. The Bertz CT molecular complexity index is 1200. The molecule has 0 saturated heterocycles. The Labute approximate surface area is 175 Å². The summed E-state index contributed by atoms with van der Waals surface area (Å²) in [6, 6.07) is 5.56. The van der Waals surface area contributed by atoms with Gasteiger partial charge >= 0.3 is 5.97 Å². The van der Waals surface area contributed by atoms with Gasteiger partial charge in [0.2, 0.25) is 11.8 Å². The van der Waals surface area contributed by atoms with Gasteiger partial charge in [0.1, 0.15) is 6.67 Å². The number of carbonyl (C=O) groups is 1. The molecule has 1 aromatic carbocycles. The molecule has 0 amide bonds. The largest absolute Gasteiger partial charge is 0.494 e. The van der Waals surface area contributed by atoms with Gasteiger partial charge in [-0.05, 0) is 12.1 Å². The average molecular weight is 422 g/mol. The van der Waals surface area contributed by atoms with Crippen LogP contribution >= 0.6 is 0 Å². The third kappa shape index (κ3) is 4.42. The van der Waals surface area contributed by atoms with Crippen LogP contribution in [0.3, 0.4) is 0 Å². The molecule has 4 aromatic rings. The smallest absolute Gasteiger partial charge is 0.338 e. The summed E-state index contributed by atoms with van der Waals surface area (Å²) >= 11 is 0. The summed E-state index contributed by atoms with van der Waals surface area (Å²) in [6.07, 6.45) is 5.81. The quantitative estimate of drug-likeness (QED) is 0.384. The minimum atomic E-state index is -1.08. The van der Waals surface area contributed by atoms with E-state index in [4.69, 9.17) is 14.3 Å². The molecular weight excluding hydrogens is 404 g/mol. The summed E-state index contributed by atoms with van der Waals surface area (Å²) in [7, 11) is 1.57. The first-order chi connectivity index (χ1) is 15.0. The fourth-order valence-corrected chi connectivity index (χ4v) is 2.78. The van der Waals surface area contributed by atoms with Crippen LogP contribution in [0.15, 0.2) is 47.4 Å². The Kier molecular flexibility index (Phi) is 5.43. The minimum absolute atomic E-state index is 0.0114. The zero-order valence-electron chi connectivity index (χ0n) is 16.6. The van der Waals surface area contributed by atoms with E-state index < -0.39 is 5.97 Å². The van der Waals surface area contributed by atoms with E-state index >= 15 is 0 Å². The van der Waals surface area contributed by atoms with Gasteiger partial charge in [0, 0.05) is 19.3 Å². The average Bonchev–Trinajstić information content (AvgIpc) is 3.41. The molecule has 0 aliphatic rings. The lowest BCUT2D eigenvalue weighted by Gasteiger charge is -2.13. The predicted octanol–water partition coefficient (Wildman–Crippen LogP) is 2.55. The van der Waals surface area contributed by atoms with Crippen LogP contribution in [0.25, 0.3) is 11.5 Å². The maximum Gasteiger partial charge on any atom is 0.338 e. The Morgan fingerprint density at radius 3 is 2.71 bits per heavy atom. The van der Waals surface area contributed by atoms with E-state index in [0.29, 0.717) is 35.5 Å². The van der Waals surface area contributed by atoms with Gasteiger partial charge in [-0.1, -0.05) is 6.07 Å². The summed E-state index contributed by atoms with van der Waals surface area (Å²) in [4.78, 5) is 18.8. The normalized spacial score (nSPS) is 10.6. The van der Waals surface area contributed by atoms with E-state index in [1.165, 1.54) is 12.4 Å². The standard InChI is InChI=1S/C19H18N8O4/c1-11-25-26-17(31-11)14-4-3-5-15(16(14)30-2)22-10-27-9-13(8-23-27)24-19-20-6-12(7-21-19)18(28)29/h3-9,22H,10H2,1-2H3,(H,28,29)(H,20,21,24). The van der Waals surface area contributed by atoms with Gasteiger partial charge in [-0.25, -0.2) is 14.8 Å². The Morgan fingerprint density at radius 2 is 2.03 bits per heavy atom. The molecule has 158 valence electrons. The highest BCUT2D eigenvalue weighted by Gasteiger charge is 2.15. The van der Waals surface area contributed by atoms with Crippen molar-refractivity contribution in [3.05, 3.63) is 54.4 Å². The van der Waals surface area contributed by atoms with Crippen molar-refractivity contribution in [2.45, 2.75) is 13.6 Å². The van der Waals surface area contributed by atoms with Crippen molar-refractivity contribution >= 4 is 23.3 Å². The van der Waals surface area contributed by atoms with Crippen LogP contribution in [0, 0.1) is 6.92 Å². The number of carboxylic acids is 1. The van der Waals surface area contributed by atoms with Gasteiger partial charge < -0.3 is 24.9 Å². The number of ether oxygens (including phenoxy) is 1. The second kappa shape index (κ2) is 8.49. The molecule has 3 heterocycles. The number of carboxylic acid groups (broad SMARTS) is 1. The van der Waals surface area contributed by atoms with Gasteiger partial charge in [0.05, 0.1) is 42.0 Å². The van der Waals surface area contributed by atoms with E-state index in [9.17, 15) is 4.79 Å². The fourth-order valence-electron chi connectivity index (χ4n) is 2.78. The number of rotatable bonds is 8. The zero-order chi connectivity index (χ0) is 21.8. The Balaban J connectivity index is 1.44. The van der Waals surface area contributed by atoms with E-state index in [2.05, 4.69) is 35.9 Å². The number of hydrogen-bond donors (Lipinski definition) is 3. The summed E-state index contributed by atoms with van der Waals surface area (Å²) in [6.45, 7) is 2.07. The zero-order valence-corrected chi connectivity index (χ0v) is 16.6. The highest BCUT2D eigenvalue weighted by Crippen LogP contribution is 2.35. The van der Waals surface area contributed by atoms with Gasteiger partial charge in [-0.15, -0.1) is 10.2 Å². The number of nitrogens with zero attached hydrogens (tertiary/aromatic N) is 6. The number of aryl methyl sites for hydroxylation is 1. The highest BCUT2D eigenvalue weighted by molar-refractivity contribution is 5.86. The molecule has 0 fully saturated rings. The maximum absolute atomic E-state index is 10.9. The minimum Gasteiger partial charge on any atom is -0.494 e. The molecule has 4 rings (SSSR count). The van der Waals surface area contributed by atoms with Crippen LogP contribution in [0.1, 0.15) is 16.2 Å². The van der Waals surface area contributed by atoms with Crippen molar-refractivity contribution in [1.82, 2.24) is 29.9 Å². The lowest BCUT2D eigenvalue weighted by molar-refractivity contribution is 0.0696. The molecule has 0 aliphatic heterocycles. The predicted molar refractivity (Wildman–Crippen MR) is 109 cm³/mol. The monoisotopic (exact) mass is 422 g/mol. The van der Waals surface area contributed by atoms with Crippen LogP contribution in [-0.4, -0.2) is 48.1 Å². The molecule has 12 heteroatoms. The van der Waals surface area contributed by atoms with Crippen LogP contribution in [0.5, 0.6) is 5.75 Å². The number of methoxy groups -OCH3 is 1. The van der Waals surface area contributed by atoms with Gasteiger partial charge in [0.15, 0.2) is 5.75 Å². The van der Waals surface area contributed by atoms with E-state index in [0.717, 1.165) is 5.69 Å². The van der Waals surface area contributed by atoms with Crippen molar-refractivity contribution in [2.24, 2.45) is 0 Å². The van der Waals surface area contributed by atoms with Crippen molar-refractivity contribution < 1.29 is 19.1 Å². The van der Waals surface area contributed by atoms with Crippen LogP contribution < -0.4 is 15.4 Å². The summed E-state index contributed by atoms with van der Waals surface area (Å²) in [5.74, 6) is 0.593. The summed E-state index contributed by atoms with van der Waals surface area (Å²) in [5.41, 5.74) is 2.07. The maximum atomic E-state index is 10.9. The topological polar surface area (TPSA) is 153 Å². The molecule has 0 aliphatic carbocycles. The molecule has 0 radical (unpaired) electrons. The molecule has 0 saturated carbocycles. The number of benzene rings is 1. The van der Waals surface area contributed by atoms with Crippen LogP contribution in [0.2, 0.25) is 0 Å². The Morgan fingerprint density at radius 1 is 1.23 bits per heavy atom. The summed E-state index contributed by atoms with van der Waals surface area (Å²) < 4.78 is 12.7. The first-order valence-electron chi connectivity index (χ1n) is 9.09. The van der Waals surface area contributed by atoms with Gasteiger partial charge in [0.25, 0.3) is 5.89 Å². The number of para-hydroxylation sites is 1. The Hall–Kier alpha value is -4.48. The van der Waals surface area contributed by atoms with Crippen LogP contribution in [-0.2, 0) is 6.67 Å². The van der Waals surface area contributed by atoms with Gasteiger partial charge in [-0.2, -0.15) is 5.10 Å². The number of nitrogens with one attached hydrogen (secondary N) is 2. The molecule has 0 bridgehead atoms. The lowest BCUT2D eigenvalue weighted by Crippen LogP contribution is -2.09. The fraction of sp³-hybridized carbons (Fsp3) is 0.158. The number of anilines is 3. The van der Waals surface area contributed by atoms with E-state index in [1.54, 1.807) is 31.1 Å². The molecule has 3 aromatic heterocycles. The first kappa shape index (κ1) is 19.8. The second-order valence-corrected chi connectivity index (χ2v) is 6.34. The highest BCUT2D eigenvalue weighted by atomic mass is 16.5. The number of aromatic nitrogens is 6. The molecule has 0 unspecified atom stereocenters. The number of aromatic carboxylic acids is 1. The number of hydrogen-bond acceptors (Lipinski definition) is 10. The molecule has 31 heavy (non-hydrogen) atoms. The van der Waals surface area contributed by atoms with Crippen molar-refractivity contribution in [3.63, 3.8) is 0 Å². The molecule has 0 spiro atoms. The van der Waals surface area contributed by atoms with Crippen molar-refractivity contribution in [1.29, 1.82) is 0 Å². The first-order valence-corrected chi connectivity index (χ1v) is 9.09.